The minimum absolute atomic E-state index is 0.0244. The summed E-state index contributed by atoms with van der Waals surface area (Å²) in [6, 6.07) is 10.2. The van der Waals surface area contributed by atoms with E-state index in [2.05, 4.69) is 28.1 Å². The zero-order valence-corrected chi connectivity index (χ0v) is 14.2. The molecule has 1 aromatic carbocycles. The summed E-state index contributed by atoms with van der Waals surface area (Å²) in [7, 11) is 0. The lowest BCUT2D eigenvalue weighted by Gasteiger charge is -2.36. The first-order valence-electron chi connectivity index (χ1n) is 6.96. The van der Waals surface area contributed by atoms with Crippen LogP contribution in [0, 0.1) is 6.92 Å². The molecule has 3 nitrogen and oxygen atoms in total. The maximum atomic E-state index is 12.8. The van der Waals surface area contributed by atoms with Gasteiger partial charge in [-0.2, -0.15) is 0 Å². The van der Waals surface area contributed by atoms with Gasteiger partial charge in [-0.3, -0.25) is 4.79 Å². The largest absolute Gasteiger partial charge is 0.329 e. The number of rotatable bonds is 2. The predicted molar refractivity (Wildman–Crippen MR) is 89.7 cm³/mol. The van der Waals surface area contributed by atoms with E-state index in [9.17, 15) is 4.79 Å². The Labute approximate surface area is 136 Å². The van der Waals surface area contributed by atoms with E-state index in [1.54, 1.807) is 0 Å². The Morgan fingerprint density at radius 3 is 2.90 bits per heavy atom. The Bertz CT molecular complexity index is 663. The minimum atomic E-state index is -0.0244. The third-order valence-electron chi connectivity index (χ3n) is 3.96. The number of amides is 1. The van der Waals surface area contributed by atoms with Crippen LogP contribution in [0.4, 0.5) is 0 Å². The number of fused-ring (bicyclic) bond motifs is 1. The topological polar surface area (TPSA) is 46.3 Å². The Morgan fingerprint density at radius 2 is 2.24 bits per heavy atom. The molecule has 5 heteroatoms. The molecular formula is C16H17BrN2OS. The van der Waals surface area contributed by atoms with Crippen molar-refractivity contribution in [2.75, 3.05) is 13.1 Å². The molecule has 21 heavy (non-hydrogen) atoms. The Morgan fingerprint density at radius 1 is 1.48 bits per heavy atom. The highest BCUT2D eigenvalue weighted by molar-refractivity contribution is 9.11. The highest BCUT2D eigenvalue weighted by Gasteiger charge is 2.31. The van der Waals surface area contributed by atoms with Gasteiger partial charge >= 0.3 is 0 Å². The lowest BCUT2D eigenvalue weighted by molar-refractivity contribution is 0.0673. The van der Waals surface area contributed by atoms with Crippen LogP contribution in [0.2, 0.25) is 0 Å². The average Bonchev–Trinajstić information content (AvgIpc) is 2.84. The molecule has 1 aliphatic heterocycles. The molecule has 0 saturated heterocycles. The second-order valence-corrected chi connectivity index (χ2v) is 7.64. The van der Waals surface area contributed by atoms with Crippen LogP contribution in [0.25, 0.3) is 0 Å². The van der Waals surface area contributed by atoms with Crippen molar-refractivity contribution in [1.82, 2.24) is 4.90 Å². The van der Waals surface area contributed by atoms with E-state index in [0.717, 1.165) is 27.2 Å². The molecule has 3 rings (SSSR count). The molecule has 1 aliphatic rings. The van der Waals surface area contributed by atoms with E-state index in [4.69, 9.17) is 5.73 Å². The van der Waals surface area contributed by atoms with Crippen molar-refractivity contribution in [1.29, 1.82) is 0 Å². The van der Waals surface area contributed by atoms with Crippen LogP contribution in [0.1, 0.15) is 32.4 Å². The summed E-state index contributed by atoms with van der Waals surface area (Å²) in [5, 5.41) is 0. The number of nitrogens with zero attached hydrogens (tertiary/aromatic N) is 1. The second-order valence-electron chi connectivity index (χ2n) is 5.27. The van der Waals surface area contributed by atoms with Gasteiger partial charge in [-0.15, -0.1) is 11.3 Å². The molecule has 2 N–H and O–H groups in total. The minimum Gasteiger partial charge on any atom is -0.329 e. The maximum Gasteiger partial charge on any atom is 0.264 e. The summed E-state index contributed by atoms with van der Waals surface area (Å²) in [5.41, 5.74) is 9.55. The van der Waals surface area contributed by atoms with Gasteiger partial charge in [0.2, 0.25) is 0 Å². The Hall–Kier alpha value is -1.17. The predicted octanol–water partition coefficient (Wildman–Crippen LogP) is 3.52. The van der Waals surface area contributed by atoms with Gasteiger partial charge in [0.25, 0.3) is 5.91 Å². The highest BCUT2D eigenvalue weighted by atomic mass is 79.9. The zero-order chi connectivity index (χ0) is 15.0. The molecule has 1 amide bonds. The summed E-state index contributed by atoms with van der Waals surface area (Å²) < 4.78 is 1.02. The van der Waals surface area contributed by atoms with Gasteiger partial charge in [-0.25, -0.2) is 0 Å². The summed E-state index contributed by atoms with van der Waals surface area (Å²) in [6.45, 7) is 3.18. The summed E-state index contributed by atoms with van der Waals surface area (Å²) in [5.74, 6) is 0.0822. The number of hydrogen-bond acceptors (Lipinski definition) is 3. The number of hydrogen-bond donors (Lipinski definition) is 1. The van der Waals surface area contributed by atoms with E-state index >= 15 is 0 Å². The van der Waals surface area contributed by atoms with E-state index < -0.39 is 0 Å². The number of benzene rings is 1. The van der Waals surface area contributed by atoms with Gasteiger partial charge in [0.05, 0.1) is 14.7 Å². The lowest BCUT2D eigenvalue weighted by atomic mass is 9.92. The molecule has 0 aliphatic carbocycles. The first kappa shape index (κ1) is 14.8. The Kier molecular flexibility index (Phi) is 4.15. The fourth-order valence-electron chi connectivity index (χ4n) is 2.86. The van der Waals surface area contributed by atoms with Crippen LogP contribution in [0.3, 0.4) is 0 Å². The average molecular weight is 365 g/mol. The molecule has 0 bridgehead atoms. The molecule has 2 aromatic rings. The summed E-state index contributed by atoms with van der Waals surface area (Å²) in [4.78, 5) is 15.5. The van der Waals surface area contributed by atoms with Crippen LogP contribution in [0.5, 0.6) is 0 Å². The smallest absolute Gasteiger partial charge is 0.264 e. The standard InChI is InChI=1S/C16H17BrN2OS/c1-10-8-14(21-15(10)17)16(20)19-7-6-11-4-2-3-5-12(11)13(19)9-18/h2-5,8,13H,6-7,9,18H2,1H3. The molecule has 110 valence electrons. The van der Waals surface area contributed by atoms with E-state index in [0.29, 0.717) is 6.54 Å². The second kappa shape index (κ2) is 5.91. The zero-order valence-electron chi connectivity index (χ0n) is 11.8. The molecule has 0 fully saturated rings. The molecule has 1 unspecified atom stereocenters. The molecule has 1 aromatic heterocycles. The number of aryl methyl sites for hydroxylation is 1. The van der Waals surface area contributed by atoms with Crippen molar-refractivity contribution in [2.45, 2.75) is 19.4 Å². The Balaban J connectivity index is 1.94. The molecule has 1 atom stereocenters. The van der Waals surface area contributed by atoms with Crippen molar-refractivity contribution in [3.8, 4) is 0 Å². The van der Waals surface area contributed by atoms with Gasteiger partial charge < -0.3 is 10.6 Å². The normalized spacial score (nSPS) is 17.7. The highest BCUT2D eigenvalue weighted by Crippen LogP contribution is 2.33. The van der Waals surface area contributed by atoms with E-state index in [1.165, 1.54) is 22.5 Å². The maximum absolute atomic E-state index is 12.8. The van der Waals surface area contributed by atoms with Crippen LogP contribution in [-0.4, -0.2) is 23.9 Å². The van der Waals surface area contributed by atoms with E-state index in [1.807, 2.05) is 30.0 Å². The third-order valence-corrected chi connectivity index (χ3v) is 6.09. The first-order valence-corrected chi connectivity index (χ1v) is 8.57. The first-order chi connectivity index (χ1) is 10.1. The van der Waals surface area contributed by atoms with Gasteiger partial charge in [-0.05, 0) is 52.0 Å². The number of thiophene rings is 1. The van der Waals surface area contributed by atoms with E-state index in [-0.39, 0.29) is 11.9 Å². The van der Waals surface area contributed by atoms with Gasteiger partial charge in [0.1, 0.15) is 0 Å². The van der Waals surface area contributed by atoms with Crippen molar-refractivity contribution in [3.05, 3.63) is 55.7 Å². The van der Waals surface area contributed by atoms with Crippen molar-refractivity contribution in [2.24, 2.45) is 5.73 Å². The fourth-order valence-corrected chi connectivity index (χ4v) is 4.35. The van der Waals surface area contributed by atoms with Crippen molar-refractivity contribution >= 4 is 33.2 Å². The monoisotopic (exact) mass is 364 g/mol. The number of halogens is 1. The molecule has 0 spiro atoms. The third kappa shape index (κ3) is 2.65. The summed E-state index contributed by atoms with van der Waals surface area (Å²) >= 11 is 4.98. The SMILES string of the molecule is Cc1cc(C(=O)N2CCc3ccccc3C2CN)sc1Br. The van der Waals surface area contributed by atoms with Crippen LogP contribution in [0.15, 0.2) is 34.1 Å². The quantitative estimate of drug-likeness (QED) is 0.885. The molecule has 0 radical (unpaired) electrons. The van der Waals surface area contributed by atoms with Crippen LogP contribution >= 0.6 is 27.3 Å². The van der Waals surface area contributed by atoms with Crippen LogP contribution in [-0.2, 0) is 6.42 Å². The van der Waals surface area contributed by atoms with Crippen molar-refractivity contribution < 1.29 is 4.79 Å². The lowest BCUT2D eigenvalue weighted by Crippen LogP contribution is -2.42. The van der Waals surface area contributed by atoms with Gasteiger partial charge in [0, 0.05) is 13.1 Å². The van der Waals surface area contributed by atoms with Crippen LogP contribution < -0.4 is 5.73 Å². The summed E-state index contributed by atoms with van der Waals surface area (Å²) in [6.07, 6.45) is 0.893. The van der Waals surface area contributed by atoms with Gasteiger partial charge in [-0.1, -0.05) is 24.3 Å². The number of carbonyl (C=O) groups is 1. The van der Waals surface area contributed by atoms with Gasteiger partial charge in [0.15, 0.2) is 0 Å². The molecular weight excluding hydrogens is 348 g/mol. The number of carbonyl (C=O) groups excluding carboxylic acids is 1. The number of nitrogens with two attached hydrogens (primary N) is 1. The van der Waals surface area contributed by atoms with Crippen molar-refractivity contribution in [3.63, 3.8) is 0 Å². The molecule has 0 saturated carbocycles. The fraction of sp³-hybridized carbons (Fsp3) is 0.312. The molecule has 2 heterocycles.